The zero-order valence-corrected chi connectivity index (χ0v) is 13.2. The van der Waals surface area contributed by atoms with Crippen LogP contribution in [0.2, 0.25) is 0 Å². The Balaban J connectivity index is 2.31. The van der Waals surface area contributed by atoms with Gasteiger partial charge in [0.2, 0.25) is 5.88 Å². The second-order valence-electron chi connectivity index (χ2n) is 5.45. The van der Waals surface area contributed by atoms with Gasteiger partial charge in [0.05, 0.1) is 13.2 Å². The smallest absolute Gasteiger partial charge is 0.223 e. The molecule has 1 aromatic carbocycles. The third kappa shape index (κ3) is 2.87. The topological polar surface area (TPSA) is 55.2 Å². The van der Waals surface area contributed by atoms with Crippen LogP contribution in [0.25, 0.3) is 22.2 Å². The molecule has 0 aliphatic rings. The average molecular weight is 312 g/mol. The molecule has 0 radical (unpaired) electrons. The minimum atomic E-state index is -0.643. The number of methoxy groups -OCH3 is 1. The van der Waals surface area contributed by atoms with Gasteiger partial charge in [-0.25, -0.2) is 9.37 Å². The fraction of sp³-hybridized carbons (Fsp3) is 0.222. The van der Waals surface area contributed by atoms with Crippen molar-refractivity contribution < 1.29 is 14.2 Å². The number of rotatable bonds is 3. The van der Waals surface area contributed by atoms with E-state index in [1.165, 1.54) is 19.2 Å². The van der Waals surface area contributed by atoms with Gasteiger partial charge in [-0.05, 0) is 49.2 Å². The van der Waals surface area contributed by atoms with E-state index in [-0.39, 0.29) is 5.82 Å². The molecule has 0 aliphatic heterocycles. The van der Waals surface area contributed by atoms with Crippen molar-refractivity contribution in [1.29, 1.82) is 0 Å². The summed E-state index contributed by atoms with van der Waals surface area (Å²) in [7, 11) is 1.53. The maximum atomic E-state index is 13.2. The molecule has 3 rings (SSSR count). The Morgan fingerprint density at radius 2 is 1.83 bits per heavy atom. The predicted octanol–water partition coefficient (Wildman–Crippen LogP) is 3.81. The first-order chi connectivity index (χ1) is 11.0. The van der Waals surface area contributed by atoms with Gasteiger partial charge >= 0.3 is 0 Å². The number of fused-ring (bicyclic) bond motifs is 1. The van der Waals surface area contributed by atoms with Gasteiger partial charge in [0.25, 0.3) is 0 Å². The fourth-order valence-corrected chi connectivity index (χ4v) is 2.62. The van der Waals surface area contributed by atoms with Gasteiger partial charge in [-0.3, -0.25) is 0 Å². The molecule has 0 spiro atoms. The molecular formula is C18H17FN2O2. The minimum Gasteiger partial charge on any atom is -0.480 e. The van der Waals surface area contributed by atoms with Crippen molar-refractivity contribution in [2.75, 3.05) is 7.11 Å². The Hall–Kier alpha value is -2.53. The van der Waals surface area contributed by atoms with Gasteiger partial charge in [-0.15, -0.1) is 0 Å². The van der Waals surface area contributed by atoms with E-state index in [0.29, 0.717) is 11.5 Å². The molecule has 2 heterocycles. The summed E-state index contributed by atoms with van der Waals surface area (Å²) < 4.78 is 18.5. The lowest BCUT2D eigenvalue weighted by atomic mass is 10.0. The maximum absolute atomic E-state index is 13.2. The van der Waals surface area contributed by atoms with E-state index in [0.717, 1.165) is 27.8 Å². The highest BCUT2D eigenvalue weighted by molar-refractivity contribution is 5.87. The lowest BCUT2D eigenvalue weighted by Crippen LogP contribution is -2.00. The van der Waals surface area contributed by atoms with Crippen molar-refractivity contribution in [3.8, 4) is 17.0 Å². The standard InChI is InChI=1S/C18H17FN2O2/c1-10-8-14(11(2)22)16-9-15(12-4-6-13(19)7-5-12)18(23-3)21-17(16)20-10/h4-9,11,22H,1-3H3. The Labute approximate surface area is 133 Å². The van der Waals surface area contributed by atoms with E-state index in [4.69, 9.17) is 4.74 Å². The average Bonchev–Trinajstić information content (AvgIpc) is 2.53. The summed E-state index contributed by atoms with van der Waals surface area (Å²) in [6, 6.07) is 9.84. The molecule has 0 bridgehead atoms. The zero-order chi connectivity index (χ0) is 16.6. The molecule has 1 atom stereocenters. The third-order valence-corrected chi connectivity index (χ3v) is 3.72. The van der Waals surface area contributed by atoms with Crippen LogP contribution in [0.3, 0.4) is 0 Å². The van der Waals surface area contributed by atoms with E-state index in [2.05, 4.69) is 9.97 Å². The molecule has 1 unspecified atom stereocenters. The normalized spacial score (nSPS) is 12.4. The predicted molar refractivity (Wildman–Crippen MR) is 86.9 cm³/mol. The summed E-state index contributed by atoms with van der Waals surface area (Å²) in [5.74, 6) is 0.113. The molecule has 3 aromatic rings. The van der Waals surface area contributed by atoms with Gasteiger partial charge in [0.1, 0.15) is 5.82 Å². The van der Waals surface area contributed by atoms with Crippen molar-refractivity contribution in [2.45, 2.75) is 20.0 Å². The molecule has 23 heavy (non-hydrogen) atoms. The molecular weight excluding hydrogens is 295 g/mol. The van der Waals surface area contributed by atoms with E-state index in [1.54, 1.807) is 19.1 Å². The van der Waals surface area contributed by atoms with E-state index in [1.807, 2.05) is 19.1 Å². The van der Waals surface area contributed by atoms with Crippen LogP contribution in [0.4, 0.5) is 4.39 Å². The van der Waals surface area contributed by atoms with Gasteiger partial charge in [0.15, 0.2) is 5.65 Å². The Kier molecular flexibility index (Phi) is 3.96. The molecule has 118 valence electrons. The van der Waals surface area contributed by atoms with Gasteiger partial charge in [-0.1, -0.05) is 12.1 Å². The quantitative estimate of drug-likeness (QED) is 0.799. The van der Waals surface area contributed by atoms with Crippen LogP contribution in [-0.4, -0.2) is 22.2 Å². The summed E-state index contributed by atoms with van der Waals surface area (Å²) in [4.78, 5) is 8.87. The van der Waals surface area contributed by atoms with Gasteiger partial charge in [-0.2, -0.15) is 4.98 Å². The number of hydrogen-bond acceptors (Lipinski definition) is 4. The first-order valence-electron chi connectivity index (χ1n) is 7.30. The first-order valence-corrected chi connectivity index (χ1v) is 7.30. The van der Waals surface area contributed by atoms with Crippen molar-refractivity contribution >= 4 is 11.0 Å². The van der Waals surface area contributed by atoms with Crippen molar-refractivity contribution in [3.05, 3.63) is 53.5 Å². The molecule has 0 aliphatic carbocycles. The second-order valence-corrected chi connectivity index (χ2v) is 5.45. The number of aliphatic hydroxyl groups excluding tert-OH is 1. The van der Waals surface area contributed by atoms with Crippen LogP contribution in [0.5, 0.6) is 5.88 Å². The number of aryl methyl sites for hydroxylation is 1. The summed E-state index contributed by atoms with van der Waals surface area (Å²) in [6.45, 7) is 3.56. The number of ether oxygens (including phenoxy) is 1. The van der Waals surface area contributed by atoms with Crippen LogP contribution in [0.1, 0.15) is 24.3 Å². The zero-order valence-electron chi connectivity index (χ0n) is 13.2. The molecule has 2 aromatic heterocycles. The minimum absolute atomic E-state index is 0.302. The summed E-state index contributed by atoms with van der Waals surface area (Å²) in [5.41, 5.74) is 3.56. The molecule has 0 amide bonds. The van der Waals surface area contributed by atoms with Crippen LogP contribution in [-0.2, 0) is 0 Å². The number of hydrogen-bond donors (Lipinski definition) is 1. The fourth-order valence-electron chi connectivity index (χ4n) is 2.62. The summed E-state index contributed by atoms with van der Waals surface area (Å²) in [6.07, 6.45) is -0.643. The third-order valence-electron chi connectivity index (χ3n) is 3.72. The Bertz CT molecular complexity index is 861. The second kappa shape index (κ2) is 5.93. The van der Waals surface area contributed by atoms with Crippen molar-refractivity contribution in [3.63, 3.8) is 0 Å². The first kappa shape index (κ1) is 15.4. The lowest BCUT2D eigenvalue weighted by Gasteiger charge is -2.14. The van der Waals surface area contributed by atoms with Crippen LogP contribution < -0.4 is 4.74 Å². The molecule has 0 fully saturated rings. The highest BCUT2D eigenvalue weighted by Gasteiger charge is 2.15. The van der Waals surface area contributed by atoms with Gasteiger partial charge < -0.3 is 9.84 Å². The number of halogens is 1. The molecule has 0 saturated carbocycles. The number of benzene rings is 1. The van der Waals surface area contributed by atoms with Crippen molar-refractivity contribution in [2.24, 2.45) is 0 Å². The number of pyridine rings is 2. The highest BCUT2D eigenvalue weighted by Crippen LogP contribution is 2.34. The Morgan fingerprint density at radius 3 is 2.43 bits per heavy atom. The monoisotopic (exact) mass is 312 g/mol. The van der Waals surface area contributed by atoms with Crippen molar-refractivity contribution in [1.82, 2.24) is 9.97 Å². The highest BCUT2D eigenvalue weighted by atomic mass is 19.1. The molecule has 0 saturated heterocycles. The van der Waals surface area contributed by atoms with Crippen LogP contribution in [0.15, 0.2) is 36.4 Å². The Morgan fingerprint density at radius 1 is 1.13 bits per heavy atom. The maximum Gasteiger partial charge on any atom is 0.223 e. The lowest BCUT2D eigenvalue weighted by molar-refractivity contribution is 0.200. The largest absolute Gasteiger partial charge is 0.480 e. The molecule has 1 N–H and O–H groups in total. The number of nitrogens with zero attached hydrogens (tertiary/aromatic N) is 2. The number of aliphatic hydroxyl groups is 1. The summed E-state index contributed by atoms with van der Waals surface area (Å²) in [5, 5.41) is 10.8. The molecule has 4 nitrogen and oxygen atoms in total. The van der Waals surface area contributed by atoms with Gasteiger partial charge in [0, 0.05) is 16.6 Å². The SMILES string of the molecule is COc1nc2nc(C)cc(C(C)O)c2cc1-c1ccc(F)cc1. The molecule has 5 heteroatoms. The van der Waals surface area contributed by atoms with E-state index in [9.17, 15) is 9.50 Å². The van der Waals surface area contributed by atoms with E-state index < -0.39 is 6.10 Å². The van der Waals surface area contributed by atoms with E-state index >= 15 is 0 Å². The summed E-state index contributed by atoms with van der Waals surface area (Å²) >= 11 is 0. The van der Waals surface area contributed by atoms with Crippen LogP contribution >= 0.6 is 0 Å². The number of aromatic nitrogens is 2. The van der Waals surface area contributed by atoms with Crippen LogP contribution in [0, 0.1) is 12.7 Å².